The molecule has 0 aromatic carbocycles. The Hall–Kier alpha value is -2.44. The number of hydrogen-bond acceptors (Lipinski definition) is 17. The van der Waals surface area contributed by atoms with Gasteiger partial charge >= 0.3 is 23.5 Å². The summed E-state index contributed by atoms with van der Waals surface area (Å²) in [5.74, 6) is -0.0552. The molecule has 27 heteroatoms. The smallest absolute Gasteiger partial charge is 0.394 e. The molecule has 0 amide bonds. The third-order valence-corrected chi connectivity index (χ3v) is 10.4. The number of nitrogen functional groups attached to an aromatic ring is 1. The van der Waals surface area contributed by atoms with E-state index < -0.39 is 85.8 Å². The lowest BCUT2D eigenvalue weighted by molar-refractivity contribution is -0.765. The van der Waals surface area contributed by atoms with E-state index in [-0.39, 0.29) is 22.0 Å². The molecule has 2 fully saturated rings. The van der Waals surface area contributed by atoms with E-state index in [0.29, 0.717) is 5.56 Å². The van der Waals surface area contributed by atoms with E-state index in [1.807, 2.05) is 0 Å². The van der Waals surface area contributed by atoms with Crippen molar-refractivity contribution < 1.29 is 80.5 Å². The molecule has 48 heavy (non-hydrogen) atoms. The van der Waals surface area contributed by atoms with Crippen molar-refractivity contribution in [3.05, 3.63) is 42.7 Å². The average Bonchev–Trinajstić information content (AvgIpc) is 3.65. The van der Waals surface area contributed by atoms with Crippen LogP contribution in [-0.4, -0.2) is 109 Å². The van der Waals surface area contributed by atoms with Crippen molar-refractivity contribution >= 4 is 57.7 Å². The van der Waals surface area contributed by atoms with Gasteiger partial charge in [-0.1, -0.05) is 12.2 Å². The number of phosphoric ester groups is 3. The molecule has 5 rings (SSSR count). The molecule has 23 nitrogen and oxygen atoms in total. The number of aliphatic hydroxyl groups is 3. The standard InChI is InChI=1S/C21H28N7O16P3S/c22-17-12-19(25-7-24-17)28(8-26-12)21-16(42-45(32,33)34)13(30)11(41-21)6-39-46(35,36)44-47(37,38)43-15-10(5-29)40-20(14(15)31)27-3-1-2-9(4-27)18(23)48/h1-4,7-8,10-11,13-16,20-21,29-31H,5-6H2,(H7-,22,23,24,25,32,33,34,35,36,37,38,48)/p+1. The number of aliphatic hydroxyl groups excluding tert-OH is 3. The van der Waals surface area contributed by atoms with Crippen molar-refractivity contribution in [2.24, 2.45) is 5.73 Å². The van der Waals surface area contributed by atoms with Gasteiger partial charge in [0.2, 0.25) is 0 Å². The van der Waals surface area contributed by atoms with Gasteiger partial charge in [0, 0.05) is 6.07 Å². The van der Waals surface area contributed by atoms with E-state index in [0.717, 1.165) is 17.2 Å². The largest absolute Gasteiger partial charge is 0.481 e. The number of hydrogen-bond donors (Lipinski definition) is 9. The van der Waals surface area contributed by atoms with Gasteiger partial charge in [-0.05, 0) is 6.07 Å². The average molecular weight is 760 g/mol. The number of ether oxygens (including phenoxy) is 2. The number of nitrogens with two attached hydrogens (primary N) is 2. The molecule has 0 saturated carbocycles. The molecule has 11 N–H and O–H groups in total. The van der Waals surface area contributed by atoms with E-state index >= 15 is 0 Å². The Morgan fingerprint density at radius 2 is 1.75 bits per heavy atom. The Morgan fingerprint density at radius 3 is 2.42 bits per heavy atom. The number of aromatic nitrogens is 5. The summed E-state index contributed by atoms with van der Waals surface area (Å²) in [6.07, 6.45) is -8.31. The molecule has 0 spiro atoms. The Bertz CT molecular complexity index is 1820. The van der Waals surface area contributed by atoms with Crippen LogP contribution in [0.5, 0.6) is 0 Å². The van der Waals surface area contributed by atoms with Crippen LogP contribution in [0.15, 0.2) is 37.2 Å². The van der Waals surface area contributed by atoms with Gasteiger partial charge in [0.05, 0.1) is 25.1 Å². The van der Waals surface area contributed by atoms with Crippen LogP contribution in [-0.2, 0) is 41.1 Å². The topological polar surface area (TPSA) is 348 Å². The first kappa shape index (κ1) is 36.8. The van der Waals surface area contributed by atoms with Crippen molar-refractivity contribution in [2.75, 3.05) is 18.9 Å². The Balaban J connectivity index is 1.27. The van der Waals surface area contributed by atoms with E-state index in [1.54, 1.807) is 6.07 Å². The Kier molecular flexibility index (Phi) is 10.8. The highest BCUT2D eigenvalue weighted by atomic mass is 32.1. The lowest BCUT2D eigenvalue weighted by Crippen LogP contribution is -2.46. The molecule has 0 aliphatic carbocycles. The van der Waals surface area contributed by atoms with Gasteiger partial charge in [-0.25, -0.2) is 28.6 Å². The first-order valence-corrected chi connectivity index (χ1v) is 18.3. The Morgan fingerprint density at radius 1 is 1.02 bits per heavy atom. The van der Waals surface area contributed by atoms with Gasteiger partial charge in [0.1, 0.15) is 47.4 Å². The summed E-state index contributed by atoms with van der Waals surface area (Å²) in [6, 6.07) is 3.08. The van der Waals surface area contributed by atoms with Crippen molar-refractivity contribution in [1.82, 2.24) is 19.5 Å². The summed E-state index contributed by atoms with van der Waals surface area (Å²) in [7, 11) is -16.5. The predicted octanol–water partition coefficient (Wildman–Crippen LogP) is -2.36. The second-order valence-electron chi connectivity index (χ2n) is 10.2. The highest BCUT2D eigenvalue weighted by Crippen LogP contribution is 2.62. The van der Waals surface area contributed by atoms with Gasteiger partial charge in [-0.3, -0.25) is 18.1 Å². The van der Waals surface area contributed by atoms with Gasteiger partial charge in [0.25, 0.3) is 6.23 Å². The maximum Gasteiger partial charge on any atom is 0.481 e. The van der Waals surface area contributed by atoms with E-state index in [1.165, 1.54) is 23.0 Å². The fraction of sp³-hybridized carbons (Fsp3) is 0.476. The first-order valence-electron chi connectivity index (χ1n) is 13.3. The molecule has 10 unspecified atom stereocenters. The molecular weight excluding hydrogens is 731 g/mol. The molecule has 3 aromatic rings. The maximum absolute atomic E-state index is 12.8. The van der Waals surface area contributed by atoms with Crippen LogP contribution in [0.1, 0.15) is 18.0 Å². The third kappa shape index (κ3) is 8.12. The summed E-state index contributed by atoms with van der Waals surface area (Å²) in [5, 5.41) is 31.4. The van der Waals surface area contributed by atoms with Crippen molar-refractivity contribution in [2.45, 2.75) is 49.1 Å². The summed E-state index contributed by atoms with van der Waals surface area (Å²) in [4.78, 5) is 51.1. The van der Waals surface area contributed by atoms with Crippen LogP contribution in [0.4, 0.5) is 5.82 Å². The summed E-state index contributed by atoms with van der Waals surface area (Å²) in [6.45, 7) is -1.91. The lowest BCUT2D eigenvalue weighted by Gasteiger charge is -2.23. The SMILES string of the molecule is NC(=S)c1ccc[n+](C2OC(CO)C(OP(=O)(O)OP(=O)(O)OCC3OC(n4cnc5c(N)ncnc54)C(OP(=O)(O)O)C3O)C2O)c1. The van der Waals surface area contributed by atoms with Crippen molar-refractivity contribution in [3.8, 4) is 0 Å². The molecule has 5 heterocycles. The fourth-order valence-corrected chi connectivity index (χ4v) is 7.90. The molecule has 2 aliphatic heterocycles. The first-order chi connectivity index (χ1) is 22.4. The number of anilines is 1. The molecule has 2 saturated heterocycles. The van der Waals surface area contributed by atoms with Crippen LogP contribution >= 0.6 is 35.7 Å². The summed E-state index contributed by atoms with van der Waals surface area (Å²) >= 11 is 4.93. The van der Waals surface area contributed by atoms with Crippen LogP contribution < -0.4 is 16.0 Å². The number of phosphoric acid groups is 3. The Labute approximate surface area is 274 Å². The number of imidazole rings is 1. The van der Waals surface area contributed by atoms with Gasteiger partial charge < -0.3 is 55.8 Å². The molecule has 0 bridgehead atoms. The third-order valence-electron chi connectivity index (χ3n) is 6.99. The zero-order valence-electron chi connectivity index (χ0n) is 23.9. The maximum atomic E-state index is 12.8. The molecule has 3 aromatic heterocycles. The number of nitrogens with zero attached hydrogens (tertiary/aromatic N) is 5. The monoisotopic (exact) mass is 760 g/mol. The highest BCUT2D eigenvalue weighted by Gasteiger charge is 2.54. The fourth-order valence-electron chi connectivity index (χ4n) is 4.94. The zero-order chi connectivity index (χ0) is 35.2. The quantitative estimate of drug-likeness (QED) is 0.0499. The molecular formula is C21H29N7O16P3S+. The number of fused-ring (bicyclic) bond motifs is 1. The highest BCUT2D eigenvalue weighted by molar-refractivity contribution is 7.80. The minimum absolute atomic E-state index is 0.00515. The number of rotatable bonds is 13. The van der Waals surface area contributed by atoms with E-state index in [2.05, 4.69) is 19.3 Å². The summed E-state index contributed by atoms with van der Waals surface area (Å²) < 4.78 is 69.4. The van der Waals surface area contributed by atoms with Crippen LogP contribution in [0.25, 0.3) is 11.2 Å². The van der Waals surface area contributed by atoms with E-state index in [4.69, 9.17) is 46.7 Å². The van der Waals surface area contributed by atoms with Gasteiger partial charge in [-0.15, -0.1) is 0 Å². The lowest BCUT2D eigenvalue weighted by atomic mass is 10.1. The van der Waals surface area contributed by atoms with E-state index in [9.17, 15) is 48.6 Å². The van der Waals surface area contributed by atoms with Crippen LogP contribution in [0, 0.1) is 0 Å². The normalized spacial score (nSPS) is 30.3. The summed E-state index contributed by atoms with van der Waals surface area (Å²) in [5.41, 5.74) is 11.8. The molecule has 2 aliphatic rings. The van der Waals surface area contributed by atoms with Crippen molar-refractivity contribution in [1.29, 1.82) is 0 Å². The molecule has 264 valence electrons. The van der Waals surface area contributed by atoms with Crippen LogP contribution in [0.2, 0.25) is 0 Å². The van der Waals surface area contributed by atoms with Crippen molar-refractivity contribution in [3.63, 3.8) is 0 Å². The molecule has 0 radical (unpaired) electrons. The number of pyridine rings is 1. The molecule has 10 atom stereocenters. The predicted molar refractivity (Wildman–Crippen MR) is 158 cm³/mol. The second kappa shape index (κ2) is 14.1. The van der Waals surface area contributed by atoms with Crippen LogP contribution in [0.3, 0.4) is 0 Å². The second-order valence-corrected chi connectivity index (χ2v) is 14.9. The minimum Gasteiger partial charge on any atom is -0.394 e. The van der Waals surface area contributed by atoms with Gasteiger partial charge in [-0.2, -0.15) is 8.88 Å². The zero-order valence-corrected chi connectivity index (χ0v) is 27.4. The van der Waals surface area contributed by atoms with Gasteiger partial charge in [0.15, 0.2) is 36.2 Å². The minimum atomic E-state index is -5.60. The number of thiocarbonyl (C=S) groups is 1.